The van der Waals surface area contributed by atoms with Crippen LogP contribution >= 0.6 is 0 Å². The molecule has 1 saturated heterocycles. The quantitative estimate of drug-likeness (QED) is 0.767. The fourth-order valence-electron chi connectivity index (χ4n) is 3.00. The molecule has 1 unspecified atom stereocenters. The minimum Gasteiger partial charge on any atom is -0.334 e. The van der Waals surface area contributed by atoms with Gasteiger partial charge in [0.25, 0.3) is 0 Å². The highest BCUT2D eigenvalue weighted by molar-refractivity contribution is 5.92. The van der Waals surface area contributed by atoms with Crippen molar-refractivity contribution in [2.24, 2.45) is 5.92 Å². The number of hydrogen-bond acceptors (Lipinski definition) is 3. The first kappa shape index (κ1) is 13.7. The van der Waals surface area contributed by atoms with Crippen molar-refractivity contribution in [2.75, 3.05) is 0 Å². The molecule has 4 nitrogen and oxygen atoms in total. The van der Waals surface area contributed by atoms with E-state index in [2.05, 4.69) is 30.7 Å². The van der Waals surface area contributed by atoms with Gasteiger partial charge in [-0.2, -0.15) is 0 Å². The summed E-state index contributed by atoms with van der Waals surface area (Å²) >= 11 is 0. The number of aromatic nitrogens is 2. The van der Waals surface area contributed by atoms with Crippen molar-refractivity contribution in [3.8, 4) is 0 Å². The van der Waals surface area contributed by atoms with Gasteiger partial charge < -0.3 is 4.90 Å². The maximum Gasteiger partial charge on any atom is 0.247 e. The van der Waals surface area contributed by atoms with E-state index in [-0.39, 0.29) is 5.91 Å². The van der Waals surface area contributed by atoms with Crippen LogP contribution in [0.25, 0.3) is 6.08 Å². The molecule has 2 heterocycles. The Kier molecular flexibility index (Phi) is 4.30. The van der Waals surface area contributed by atoms with Crippen LogP contribution in [0.3, 0.4) is 0 Å². The van der Waals surface area contributed by atoms with Crippen LogP contribution < -0.4 is 0 Å². The molecule has 1 aliphatic heterocycles. The lowest BCUT2D eigenvalue weighted by Gasteiger charge is -2.41. The molecule has 2 rings (SSSR count). The first-order valence-electron chi connectivity index (χ1n) is 6.84. The zero-order chi connectivity index (χ0) is 13.8. The summed E-state index contributed by atoms with van der Waals surface area (Å²) in [5.74, 6) is 0.760. The average molecular weight is 259 g/mol. The second kappa shape index (κ2) is 5.95. The molecule has 19 heavy (non-hydrogen) atoms. The van der Waals surface area contributed by atoms with Gasteiger partial charge in [-0.05, 0) is 38.7 Å². The molecule has 0 radical (unpaired) electrons. The summed E-state index contributed by atoms with van der Waals surface area (Å²) in [6.45, 7) is 6.50. The first-order valence-corrected chi connectivity index (χ1v) is 6.84. The van der Waals surface area contributed by atoms with Gasteiger partial charge in [-0.25, -0.2) is 0 Å². The van der Waals surface area contributed by atoms with E-state index in [4.69, 9.17) is 0 Å². The Morgan fingerprint density at radius 1 is 1.26 bits per heavy atom. The molecule has 1 aromatic rings. The number of carbonyl (C=O) groups is 1. The van der Waals surface area contributed by atoms with Crippen molar-refractivity contribution in [2.45, 2.75) is 45.7 Å². The Morgan fingerprint density at radius 2 is 1.95 bits per heavy atom. The third kappa shape index (κ3) is 3.40. The van der Waals surface area contributed by atoms with Crippen LogP contribution in [0.5, 0.6) is 0 Å². The van der Waals surface area contributed by atoms with Gasteiger partial charge >= 0.3 is 0 Å². The molecule has 4 heteroatoms. The predicted octanol–water partition coefficient (Wildman–Crippen LogP) is 2.53. The topological polar surface area (TPSA) is 46.1 Å². The average Bonchev–Trinajstić information content (AvgIpc) is 2.36. The number of nitrogens with zero attached hydrogens (tertiary/aromatic N) is 3. The molecule has 0 aliphatic carbocycles. The summed E-state index contributed by atoms with van der Waals surface area (Å²) in [5, 5.41) is 0. The summed E-state index contributed by atoms with van der Waals surface area (Å²) in [6.07, 6.45) is 10.4. The summed E-state index contributed by atoms with van der Waals surface area (Å²) in [4.78, 5) is 22.4. The van der Waals surface area contributed by atoms with Crippen LogP contribution in [-0.4, -0.2) is 32.9 Å². The lowest BCUT2D eigenvalue weighted by Crippen LogP contribution is -2.48. The second-order valence-corrected chi connectivity index (χ2v) is 5.48. The highest BCUT2D eigenvalue weighted by Gasteiger charge is 2.30. The van der Waals surface area contributed by atoms with Crippen LogP contribution in [-0.2, 0) is 4.79 Å². The van der Waals surface area contributed by atoms with Crippen LogP contribution in [0.4, 0.5) is 0 Å². The molecule has 3 atom stereocenters. The molecule has 1 aromatic heterocycles. The second-order valence-electron chi connectivity index (χ2n) is 5.48. The fourth-order valence-corrected chi connectivity index (χ4v) is 3.00. The van der Waals surface area contributed by atoms with Gasteiger partial charge in [0.15, 0.2) is 0 Å². The molecule has 1 fully saturated rings. The smallest absolute Gasteiger partial charge is 0.247 e. The van der Waals surface area contributed by atoms with Crippen LogP contribution in [0.2, 0.25) is 0 Å². The number of hydrogen-bond donors (Lipinski definition) is 0. The van der Waals surface area contributed by atoms with Crippen molar-refractivity contribution in [1.29, 1.82) is 0 Å². The minimum atomic E-state index is 0.0672. The maximum atomic E-state index is 12.3. The third-order valence-electron chi connectivity index (χ3n) is 3.67. The monoisotopic (exact) mass is 259 g/mol. The van der Waals surface area contributed by atoms with Gasteiger partial charge in [0.1, 0.15) is 0 Å². The third-order valence-corrected chi connectivity index (χ3v) is 3.67. The van der Waals surface area contributed by atoms with E-state index in [1.807, 2.05) is 4.90 Å². The lowest BCUT2D eigenvalue weighted by atomic mass is 9.88. The normalized spacial score (nSPS) is 27.7. The lowest BCUT2D eigenvalue weighted by molar-refractivity contribution is -0.132. The molecule has 0 N–H and O–H groups in total. The van der Waals surface area contributed by atoms with Crippen molar-refractivity contribution in [3.63, 3.8) is 0 Å². The Bertz CT molecular complexity index is 446. The molecule has 1 amide bonds. The molecule has 1 aliphatic rings. The Hall–Kier alpha value is -1.71. The Balaban J connectivity index is 2.05. The van der Waals surface area contributed by atoms with Crippen molar-refractivity contribution in [3.05, 3.63) is 30.4 Å². The van der Waals surface area contributed by atoms with Crippen molar-refractivity contribution < 1.29 is 4.79 Å². The van der Waals surface area contributed by atoms with Gasteiger partial charge in [0.05, 0.1) is 11.9 Å². The zero-order valence-corrected chi connectivity index (χ0v) is 11.8. The molecule has 0 bridgehead atoms. The fraction of sp³-hybridized carbons (Fsp3) is 0.533. The van der Waals surface area contributed by atoms with E-state index >= 15 is 0 Å². The van der Waals surface area contributed by atoms with E-state index in [0.29, 0.717) is 23.7 Å². The number of piperidine rings is 1. The largest absolute Gasteiger partial charge is 0.334 e. The van der Waals surface area contributed by atoms with Gasteiger partial charge in [0.2, 0.25) is 5.91 Å². The molecule has 0 spiro atoms. The molecule has 102 valence electrons. The molecule has 0 aromatic carbocycles. The number of carbonyl (C=O) groups excluding carboxylic acids is 1. The van der Waals surface area contributed by atoms with Crippen molar-refractivity contribution in [1.82, 2.24) is 14.9 Å². The van der Waals surface area contributed by atoms with E-state index in [0.717, 1.165) is 12.8 Å². The molecular formula is C15H21N3O. The van der Waals surface area contributed by atoms with E-state index in [9.17, 15) is 4.79 Å². The summed E-state index contributed by atoms with van der Waals surface area (Å²) in [7, 11) is 0. The summed E-state index contributed by atoms with van der Waals surface area (Å²) < 4.78 is 0. The Morgan fingerprint density at radius 3 is 2.53 bits per heavy atom. The van der Waals surface area contributed by atoms with Gasteiger partial charge in [0, 0.05) is 30.6 Å². The van der Waals surface area contributed by atoms with Gasteiger partial charge in [-0.15, -0.1) is 0 Å². The van der Waals surface area contributed by atoms with E-state index in [1.54, 1.807) is 30.7 Å². The zero-order valence-electron chi connectivity index (χ0n) is 11.8. The Labute approximate surface area is 114 Å². The first-order chi connectivity index (χ1) is 9.08. The van der Waals surface area contributed by atoms with Crippen LogP contribution in [0, 0.1) is 5.92 Å². The summed E-state index contributed by atoms with van der Waals surface area (Å²) in [6, 6.07) is 0.607. The van der Waals surface area contributed by atoms with Crippen LogP contribution in [0.1, 0.15) is 39.3 Å². The SMILES string of the molecule is CC1C[C@@H](C)N(C(=O)/C=C/c2cnccn2)[C@@H](C)C1. The number of rotatable bonds is 2. The highest BCUT2D eigenvalue weighted by atomic mass is 16.2. The van der Waals surface area contributed by atoms with E-state index in [1.165, 1.54) is 0 Å². The van der Waals surface area contributed by atoms with E-state index < -0.39 is 0 Å². The standard InChI is InChI=1S/C15H21N3O/c1-11-8-12(2)18(13(3)9-11)15(19)5-4-14-10-16-6-7-17-14/h4-7,10-13H,8-9H2,1-3H3/b5-4+/t11?,12-,13+. The van der Waals surface area contributed by atoms with Crippen LogP contribution in [0.15, 0.2) is 24.7 Å². The van der Waals surface area contributed by atoms with Crippen molar-refractivity contribution >= 4 is 12.0 Å². The minimum absolute atomic E-state index is 0.0672. The number of likely N-dealkylation sites (tertiary alicyclic amines) is 1. The maximum absolute atomic E-state index is 12.3. The number of amides is 1. The summed E-state index contributed by atoms with van der Waals surface area (Å²) in [5.41, 5.74) is 0.710. The highest BCUT2D eigenvalue weighted by Crippen LogP contribution is 2.27. The van der Waals surface area contributed by atoms with Gasteiger partial charge in [-0.1, -0.05) is 6.92 Å². The predicted molar refractivity (Wildman–Crippen MR) is 75.2 cm³/mol. The molecule has 0 saturated carbocycles. The van der Waals surface area contributed by atoms with Gasteiger partial charge in [-0.3, -0.25) is 14.8 Å². The molecular weight excluding hydrogens is 238 g/mol.